The van der Waals surface area contributed by atoms with Crippen LogP contribution in [0.3, 0.4) is 0 Å². The van der Waals surface area contributed by atoms with Gasteiger partial charge in [0.1, 0.15) is 0 Å². The Kier molecular flexibility index (Phi) is 12.4. The van der Waals surface area contributed by atoms with Gasteiger partial charge in [-0.15, -0.1) is 0 Å². The van der Waals surface area contributed by atoms with Crippen LogP contribution in [0.4, 0.5) is 0 Å². The molecule has 15 heteroatoms. The molecule has 1 aromatic rings. The number of nitrogens with zero attached hydrogens (tertiary/aromatic N) is 1. The van der Waals surface area contributed by atoms with E-state index in [-0.39, 0.29) is 38.1 Å². The first-order valence-electron chi connectivity index (χ1n) is 12.8. The van der Waals surface area contributed by atoms with Crippen molar-refractivity contribution in [3.8, 4) is 0 Å². The number of hydrogen-bond acceptors (Lipinski definition) is 10. The number of aliphatic hydroxyl groups is 3. The Hall–Kier alpha value is -2.71. The van der Waals surface area contributed by atoms with Gasteiger partial charge in [0.05, 0.1) is 43.7 Å². The molecule has 1 fully saturated rings. The van der Waals surface area contributed by atoms with Gasteiger partial charge in [-0.2, -0.15) is 0 Å². The molecule has 2 unspecified atom stereocenters. The lowest BCUT2D eigenvalue weighted by Gasteiger charge is -2.31. The highest BCUT2D eigenvalue weighted by Gasteiger charge is 2.47. The third-order valence-corrected chi connectivity index (χ3v) is 8.02. The first-order valence-corrected chi connectivity index (χ1v) is 14.5. The van der Waals surface area contributed by atoms with Crippen LogP contribution in [0.25, 0.3) is 0 Å². The number of likely N-dealkylation sites (tertiary alicyclic amines) is 1. The van der Waals surface area contributed by atoms with Gasteiger partial charge in [0.15, 0.2) is 11.3 Å². The average Bonchev–Trinajstić information content (AvgIpc) is 3.13. The van der Waals surface area contributed by atoms with Crippen LogP contribution in [-0.4, -0.2) is 116 Å². The highest BCUT2D eigenvalue weighted by Crippen LogP contribution is 2.43. The predicted molar refractivity (Wildman–Crippen MR) is 142 cm³/mol. The molecule has 1 aliphatic rings. The Labute approximate surface area is 231 Å². The number of amides is 2. The Morgan fingerprint density at radius 2 is 1.70 bits per heavy atom. The number of Topliss-reactive ketones (excluding diaryl/α,β-unsaturated/α-hetero) is 1. The van der Waals surface area contributed by atoms with Crippen molar-refractivity contribution in [2.45, 2.75) is 62.9 Å². The lowest BCUT2D eigenvalue weighted by atomic mass is 10.0. The number of rotatable bonds is 16. The molecule has 2 rings (SSSR count). The zero-order valence-electron chi connectivity index (χ0n) is 22.4. The topological polar surface area (TPSA) is 223 Å². The van der Waals surface area contributed by atoms with Gasteiger partial charge in [-0.1, -0.05) is 30.3 Å². The van der Waals surface area contributed by atoms with Crippen LogP contribution in [0.1, 0.15) is 43.5 Å². The number of aliphatic hydroxyl groups excluding tert-OH is 3. The molecular weight excluding hydrogens is 549 g/mol. The number of ketones is 1. The molecule has 0 bridgehead atoms. The van der Waals surface area contributed by atoms with Gasteiger partial charge in [-0.25, -0.2) is 4.79 Å². The fourth-order valence-corrected chi connectivity index (χ4v) is 5.43. The molecule has 40 heavy (non-hydrogen) atoms. The number of carboxylic acid groups (broad SMARTS) is 1. The van der Waals surface area contributed by atoms with Crippen molar-refractivity contribution in [2.75, 3.05) is 32.5 Å². The van der Waals surface area contributed by atoms with Crippen LogP contribution in [0.15, 0.2) is 30.3 Å². The fraction of sp³-hybridized carbons (Fsp3) is 0.600. The second-order valence-corrected chi connectivity index (χ2v) is 11.9. The third-order valence-electron chi connectivity index (χ3n) is 6.72. The minimum atomic E-state index is -4.47. The zero-order chi connectivity index (χ0) is 30.1. The lowest BCUT2D eigenvalue weighted by molar-refractivity contribution is -0.148. The summed E-state index contributed by atoms with van der Waals surface area (Å²) in [5.41, 5.74) is -1.56. The van der Waals surface area contributed by atoms with E-state index in [0.717, 1.165) is 6.92 Å². The summed E-state index contributed by atoms with van der Waals surface area (Å²) in [6, 6.07) is 6.64. The van der Waals surface area contributed by atoms with Crippen molar-refractivity contribution in [2.24, 2.45) is 0 Å². The third kappa shape index (κ3) is 9.44. The number of carbonyl (C=O) groups excluding carboxylic acids is 3. The maximum atomic E-state index is 12.7. The van der Waals surface area contributed by atoms with E-state index in [0.29, 0.717) is 5.56 Å². The highest BCUT2D eigenvalue weighted by molar-refractivity contribution is 7.52. The molecule has 0 saturated carbocycles. The van der Waals surface area contributed by atoms with Crippen molar-refractivity contribution in [1.82, 2.24) is 15.5 Å². The van der Waals surface area contributed by atoms with E-state index >= 15 is 0 Å². The number of benzene rings is 1. The Balaban J connectivity index is 1.93. The molecular formula is C25H38N3O11P. The quantitative estimate of drug-likeness (QED) is 0.0924. The largest absolute Gasteiger partial charge is 0.479 e. The number of nitrogens with one attached hydrogen (secondary N) is 2. The molecule has 14 nitrogen and oxygen atoms in total. The van der Waals surface area contributed by atoms with Crippen molar-refractivity contribution in [3.63, 3.8) is 0 Å². The standard InChI is InChI=1S/C25H38N3O11P/c1-16(30)26-13-18-22(33)23(34)19(14-29)28(18)11-12-40(37,38)39-15-25(2,24(35)36)27-21(32)10-6-9-20(31)17-7-4-3-5-8-17/h3-5,7-8,18-19,22-23,29,33-34H,6,9-15H2,1-2H3,(H,26,30)(H,27,32)(H,35,36)(H,37,38)/t18-,19-,22-,23-,25?/m1/s1. The monoisotopic (exact) mass is 587 g/mol. The summed E-state index contributed by atoms with van der Waals surface area (Å²) in [5, 5.41) is 44.7. The molecule has 6 atom stereocenters. The SMILES string of the molecule is CC(=O)NC[C@@H]1[C@@H](O)[C@H](O)[C@@H](CO)N1CCP(=O)(O)OCC(C)(NC(=O)CCCC(=O)c1ccccc1)C(=O)O. The average molecular weight is 588 g/mol. The molecule has 0 aliphatic carbocycles. The molecule has 0 radical (unpaired) electrons. The summed E-state index contributed by atoms with van der Waals surface area (Å²) in [4.78, 5) is 59.5. The number of carbonyl (C=O) groups is 4. The number of aliphatic carboxylic acids is 1. The van der Waals surface area contributed by atoms with Gasteiger partial charge in [-0.3, -0.25) is 23.8 Å². The molecule has 0 aromatic heterocycles. The van der Waals surface area contributed by atoms with Gasteiger partial charge < -0.3 is 40.5 Å². The Morgan fingerprint density at radius 3 is 2.27 bits per heavy atom. The van der Waals surface area contributed by atoms with Crippen LogP contribution in [0.5, 0.6) is 0 Å². The molecule has 2 amide bonds. The van der Waals surface area contributed by atoms with Crippen molar-refractivity contribution in [1.29, 1.82) is 0 Å². The normalized spacial score (nSPS) is 24.1. The van der Waals surface area contributed by atoms with Crippen molar-refractivity contribution >= 4 is 31.2 Å². The minimum Gasteiger partial charge on any atom is -0.479 e. The van der Waals surface area contributed by atoms with Crippen LogP contribution in [0.2, 0.25) is 0 Å². The summed E-state index contributed by atoms with van der Waals surface area (Å²) >= 11 is 0. The summed E-state index contributed by atoms with van der Waals surface area (Å²) in [5.74, 6) is -2.76. The van der Waals surface area contributed by atoms with Crippen LogP contribution < -0.4 is 10.6 Å². The molecule has 1 aliphatic heterocycles. The van der Waals surface area contributed by atoms with E-state index in [1.54, 1.807) is 30.3 Å². The van der Waals surface area contributed by atoms with E-state index in [1.165, 1.54) is 11.8 Å². The van der Waals surface area contributed by atoms with Gasteiger partial charge in [-0.05, 0) is 13.3 Å². The molecule has 1 saturated heterocycles. The lowest BCUT2D eigenvalue weighted by Crippen LogP contribution is -2.55. The second kappa shape index (κ2) is 14.8. The van der Waals surface area contributed by atoms with E-state index in [1.807, 2.05) is 0 Å². The van der Waals surface area contributed by atoms with Gasteiger partial charge in [0, 0.05) is 38.4 Å². The van der Waals surface area contributed by atoms with E-state index in [2.05, 4.69) is 10.6 Å². The molecule has 1 aromatic carbocycles. The predicted octanol–water partition coefficient (Wildman–Crippen LogP) is -0.896. The van der Waals surface area contributed by atoms with Crippen LogP contribution >= 0.6 is 7.60 Å². The van der Waals surface area contributed by atoms with Crippen molar-refractivity contribution < 1.29 is 53.6 Å². The van der Waals surface area contributed by atoms with E-state index in [9.17, 15) is 49.1 Å². The van der Waals surface area contributed by atoms with E-state index in [4.69, 9.17) is 4.52 Å². The van der Waals surface area contributed by atoms with Crippen molar-refractivity contribution in [3.05, 3.63) is 35.9 Å². The summed E-state index contributed by atoms with van der Waals surface area (Å²) in [7, 11) is -4.47. The summed E-state index contributed by atoms with van der Waals surface area (Å²) < 4.78 is 17.8. The fourth-order valence-electron chi connectivity index (χ4n) is 4.36. The Morgan fingerprint density at radius 1 is 1.07 bits per heavy atom. The van der Waals surface area contributed by atoms with Crippen LogP contribution in [-0.2, 0) is 23.5 Å². The van der Waals surface area contributed by atoms with E-state index < -0.39 is 74.6 Å². The maximum absolute atomic E-state index is 12.7. The molecule has 224 valence electrons. The smallest absolute Gasteiger partial charge is 0.331 e. The van der Waals surface area contributed by atoms with Gasteiger partial charge in [0.25, 0.3) is 0 Å². The van der Waals surface area contributed by atoms with Gasteiger partial charge in [0.2, 0.25) is 11.8 Å². The zero-order valence-corrected chi connectivity index (χ0v) is 23.3. The highest BCUT2D eigenvalue weighted by atomic mass is 31.2. The minimum absolute atomic E-state index is 0.0707. The maximum Gasteiger partial charge on any atom is 0.331 e. The molecule has 7 N–H and O–H groups in total. The molecule has 0 spiro atoms. The van der Waals surface area contributed by atoms with Crippen LogP contribution in [0, 0.1) is 0 Å². The first kappa shape index (κ1) is 33.5. The number of carboxylic acids is 1. The number of hydrogen-bond donors (Lipinski definition) is 7. The Bertz CT molecular complexity index is 1090. The second-order valence-electron chi connectivity index (χ2n) is 9.94. The summed E-state index contributed by atoms with van der Waals surface area (Å²) in [6.07, 6.45) is -3.22. The molecule has 1 heterocycles. The first-order chi connectivity index (χ1) is 18.7. The van der Waals surface area contributed by atoms with Gasteiger partial charge >= 0.3 is 13.6 Å². The summed E-state index contributed by atoms with van der Waals surface area (Å²) in [6.45, 7) is 0.592.